The van der Waals surface area contributed by atoms with Crippen LogP contribution in [0.1, 0.15) is 22.2 Å². The van der Waals surface area contributed by atoms with Crippen LogP contribution in [0.3, 0.4) is 0 Å². The molecule has 2 aliphatic rings. The van der Waals surface area contributed by atoms with E-state index in [4.69, 9.17) is 0 Å². The van der Waals surface area contributed by atoms with Crippen molar-refractivity contribution in [1.29, 1.82) is 0 Å². The minimum Gasteiger partial charge on any atom is -0.396 e. The summed E-state index contributed by atoms with van der Waals surface area (Å²) >= 11 is 1.94. The Morgan fingerprint density at radius 1 is 1.07 bits per heavy atom. The third kappa shape index (κ3) is 3.30. The number of hydrogen-bond donors (Lipinski definition) is 2. The molecule has 5 heteroatoms. The average molecular weight is 396 g/mol. The van der Waals surface area contributed by atoms with Gasteiger partial charge in [-0.25, -0.2) is 0 Å². The monoisotopic (exact) mass is 395 g/mol. The molecular weight excluding hydrogens is 366 g/mol. The molecule has 3 aromatic rings. The fourth-order valence-electron chi connectivity index (χ4n) is 5.24. The van der Waals surface area contributed by atoms with Crippen molar-refractivity contribution in [3.05, 3.63) is 57.9 Å². The van der Waals surface area contributed by atoms with Gasteiger partial charge in [0.15, 0.2) is 0 Å². The molecule has 4 heterocycles. The number of hydrogen-bond acceptors (Lipinski definition) is 4. The molecule has 1 aromatic carbocycles. The molecule has 0 spiro atoms. The number of aromatic nitrogens is 1. The maximum atomic E-state index is 10.3. The highest BCUT2D eigenvalue weighted by molar-refractivity contribution is 7.11. The lowest BCUT2D eigenvalue weighted by Gasteiger charge is -2.27. The zero-order valence-electron chi connectivity index (χ0n) is 16.5. The van der Waals surface area contributed by atoms with Gasteiger partial charge in [0.25, 0.3) is 0 Å². The molecular formula is C23H29N3OS. The zero-order valence-corrected chi connectivity index (χ0v) is 17.3. The highest BCUT2D eigenvalue weighted by Crippen LogP contribution is 2.43. The molecule has 0 amide bonds. The Balaban J connectivity index is 1.24. The van der Waals surface area contributed by atoms with Crippen molar-refractivity contribution in [2.45, 2.75) is 26.4 Å². The van der Waals surface area contributed by atoms with Gasteiger partial charge in [0.05, 0.1) is 6.61 Å². The van der Waals surface area contributed by atoms with Gasteiger partial charge < -0.3 is 10.1 Å². The van der Waals surface area contributed by atoms with Gasteiger partial charge >= 0.3 is 0 Å². The maximum absolute atomic E-state index is 10.3. The normalized spacial score (nSPS) is 25.7. The Labute approximate surface area is 170 Å². The number of likely N-dealkylation sites (tertiary alicyclic amines) is 2. The maximum Gasteiger partial charge on any atom is 0.0515 e. The third-order valence-corrected chi connectivity index (χ3v) is 7.90. The van der Waals surface area contributed by atoms with E-state index in [-0.39, 0.29) is 5.41 Å². The number of H-pyrrole nitrogens is 1. The van der Waals surface area contributed by atoms with Gasteiger partial charge in [0, 0.05) is 66.2 Å². The first-order chi connectivity index (χ1) is 13.7. The van der Waals surface area contributed by atoms with E-state index in [0.29, 0.717) is 12.5 Å². The van der Waals surface area contributed by atoms with Gasteiger partial charge in [-0.15, -0.1) is 11.3 Å². The molecule has 0 aliphatic carbocycles. The van der Waals surface area contributed by atoms with Crippen LogP contribution >= 0.6 is 11.3 Å². The van der Waals surface area contributed by atoms with Gasteiger partial charge in [0.1, 0.15) is 0 Å². The van der Waals surface area contributed by atoms with Crippen LogP contribution in [-0.2, 0) is 19.5 Å². The number of aliphatic hydroxyl groups is 1. The van der Waals surface area contributed by atoms with Crippen molar-refractivity contribution in [2.24, 2.45) is 11.3 Å². The summed E-state index contributed by atoms with van der Waals surface area (Å²) in [5, 5.41) is 11.6. The number of aryl methyl sites for hydroxylation is 1. The predicted molar refractivity (Wildman–Crippen MR) is 116 cm³/mol. The molecule has 2 unspecified atom stereocenters. The number of aliphatic hydroxyl groups excluding tert-OH is 1. The number of nitrogens with one attached hydrogen (secondary N) is 1. The fraction of sp³-hybridized carbons (Fsp3) is 0.478. The molecule has 2 saturated heterocycles. The Hall–Kier alpha value is -1.66. The summed E-state index contributed by atoms with van der Waals surface area (Å²) in [5.41, 5.74) is 2.61. The van der Waals surface area contributed by atoms with E-state index in [2.05, 4.69) is 58.1 Å². The lowest BCUT2D eigenvalue weighted by atomic mass is 9.82. The minimum absolute atomic E-state index is 0.0447. The molecule has 148 valence electrons. The van der Waals surface area contributed by atoms with E-state index in [1.165, 1.54) is 26.2 Å². The van der Waals surface area contributed by atoms with E-state index in [0.717, 1.165) is 45.7 Å². The second-order valence-electron chi connectivity index (χ2n) is 8.68. The summed E-state index contributed by atoms with van der Waals surface area (Å²) < 4.78 is 0. The number of rotatable bonds is 6. The van der Waals surface area contributed by atoms with Crippen LogP contribution in [0.4, 0.5) is 0 Å². The van der Waals surface area contributed by atoms with Crippen LogP contribution in [0.15, 0.2) is 42.6 Å². The zero-order chi connectivity index (χ0) is 19.1. The van der Waals surface area contributed by atoms with Crippen LogP contribution in [0.5, 0.6) is 0 Å². The first kappa shape index (κ1) is 18.4. The highest BCUT2D eigenvalue weighted by Gasteiger charge is 2.51. The Morgan fingerprint density at radius 3 is 2.57 bits per heavy atom. The summed E-state index contributed by atoms with van der Waals surface area (Å²) in [6, 6.07) is 13.4. The fourth-order valence-corrected chi connectivity index (χ4v) is 6.24. The predicted octanol–water partition coefficient (Wildman–Crippen LogP) is 3.72. The average Bonchev–Trinajstić information content (AvgIpc) is 3.44. The van der Waals surface area contributed by atoms with Crippen molar-refractivity contribution < 1.29 is 5.11 Å². The molecule has 2 N–H and O–H groups in total. The molecule has 0 radical (unpaired) electrons. The summed E-state index contributed by atoms with van der Waals surface area (Å²) in [7, 11) is 0. The van der Waals surface area contributed by atoms with Crippen molar-refractivity contribution in [3.63, 3.8) is 0 Å². The molecule has 2 aromatic heterocycles. The lowest BCUT2D eigenvalue weighted by molar-refractivity contribution is 0.111. The number of thiophene rings is 1. The first-order valence-electron chi connectivity index (χ1n) is 10.4. The minimum atomic E-state index is 0.0447. The van der Waals surface area contributed by atoms with Crippen molar-refractivity contribution in [2.75, 3.05) is 32.8 Å². The second-order valence-corrected chi connectivity index (χ2v) is 9.93. The summed E-state index contributed by atoms with van der Waals surface area (Å²) in [4.78, 5) is 11.3. The molecule has 2 fully saturated rings. The van der Waals surface area contributed by atoms with Crippen LogP contribution in [0, 0.1) is 11.3 Å². The quantitative estimate of drug-likeness (QED) is 0.668. The van der Waals surface area contributed by atoms with E-state index < -0.39 is 0 Å². The SMILES string of the molecule is CCc1ccc(CN2CC3CN(Cc4ccc5[nH]ccc5c4)CC3(CO)C2)s1. The van der Waals surface area contributed by atoms with Crippen molar-refractivity contribution in [3.8, 4) is 0 Å². The topological polar surface area (TPSA) is 42.5 Å². The van der Waals surface area contributed by atoms with E-state index >= 15 is 0 Å². The van der Waals surface area contributed by atoms with Crippen LogP contribution < -0.4 is 0 Å². The summed E-state index contributed by atoms with van der Waals surface area (Å²) in [6.07, 6.45) is 3.12. The van der Waals surface area contributed by atoms with Gasteiger partial charge in [-0.1, -0.05) is 13.0 Å². The number of nitrogens with zero attached hydrogens (tertiary/aromatic N) is 2. The standard InChI is InChI=1S/C23H29N3OS/c1-2-20-4-5-21(28-20)13-26-12-19-11-25(14-23(19,15-26)16-27)10-17-3-6-22-18(9-17)7-8-24-22/h3-9,19,24,27H,2,10-16H2,1H3. The summed E-state index contributed by atoms with van der Waals surface area (Å²) in [5.74, 6) is 0.569. The van der Waals surface area contributed by atoms with E-state index in [1.807, 2.05) is 17.5 Å². The second kappa shape index (κ2) is 7.30. The largest absolute Gasteiger partial charge is 0.396 e. The summed E-state index contributed by atoms with van der Waals surface area (Å²) in [6.45, 7) is 8.74. The smallest absolute Gasteiger partial charge is 0.0515 e. The van der Waals surface area contributed by atoms with Crippen molar-refractivity contribution in [1.82, 2.24) is 14.8 Å². The first-order valence-corrected chi connectivity index (χ1v) is 11.2. The Morgan fingerprint density at radius 2 is 1.86 bits per heavy atom. The van der Waals surface area contributed by atoms with Gasteiger partial charge in [-0.2, -0.15) is 0 Å². The van der Waals surface area contributed by atoms with Gasteiger partial charge in [-0.05, 0) is 53.6 Å². The van der Waals surface area contributed by atoms with E-state index in [9.17, 15) is 5.11 Å². The highest BCUT2D eigenvalue weighted by atomic mass is 32.1. The van der Waals surface area contributed by atoms with E-state index in [1.54, 1.807) is 0 Å². The Kier molecular flexibility index (Phi) is 4.79. The molecule has 5 rings (SSSR count). The molecule has 0 bridgehead atoms. The Bertz CT molecular complexity index is 964. The number of benzene rings is 1. The van der Waals surface area contributed by atoms with Crippen LogP contribution in [0.2, 0.25) is 0 Å². The lowest BCUT2D eigenvalue weighted by Crippen LogP contribution is -2.36. The molecule has 0 saturated carbocycles. The molecule has 2 atom stereocenters. The number of aromatic amines is 1. The van der Waals surface area contributed by atoms with Gasteiger partial charge in [0.2, 0.25) is 0 Å². The van der Waals surface area contributed by atoms with Crippen molar-refractivity contribution >= 4 is 22.2 Å². The van der Waals surface area contributed by atoms with Gasteiger partial charge in [-0.3, -0.25) is 9.80 Å². The van der Waals surface area contributed by atoms with Crippen LogP contribution in [0.25, 0.3) is 10.9 Å². The molecule has 28 heavy (non-hydrogen) atoms. The van der Waals surface area contributed by atoms with Crippen LogP contribution in [-0.4, -0.2) is 52.7 Å². The molecule has 4 nitrogen and oxygen atoms in total. The third-order valence-electron chi connectivity index (χ3n) is 6.68. The number of fused-ring (bicyclic) bond motifs is 2. The molecule has 2 aliphatic heterocycles.